The van der Waals surface area contributed by atoms with Crippen LogP contribution in [0.2, 0.25) is 0 Å². The number of nitrogens with zero attached hydrogens (tertiary/aromatic N) is 1. The molecular weight excluding hydrogens is 246 g/mol. The maximum atomic E-state index is 5.48. The van der Waals surface area contributed by atoms with Crippen LogP contribution < -0.4 is 4.74 Å². The number of hydrogen-bond donors (Lipinski definition) is 0. The predicted octanol–water partition coefficient (Wildman–Crippen LogP) is 3.49. The van der Waals surface area contributed by atoms with Crippen molar-refractivity contribution in [2.45, 2.75) is 38.5 Å². The topological polar surface area (TPSA) is 12.5 Å². The molecule has 1 aromatic rings. The lowest BCUT2D eigenvalue weighted by atomic mass is 9.58. The van der Waals surface area contributed by atoms with Gasteiger partial charge in [-0.05, 0) is 73.4 Å². The molecule has 110 valence electrons. The van der Waals surface area contributed by atoms with Crippen LogP contribution in [0.15, 0.2) is 18.2 Å². The van der Waals surface area contributed by atoms with Crippen molar-refractivity contribution < 1.29 is 4.74 Å². The van der Waals surface area contributed by atoms with Crippen LogP contribution in [0, 0.1) is 11.8 Å². The molecule has 3 atom stereocenters. The fourth-order valence-corrected chi connectivity index (χ4v) is 4.64. The molecule has 1 heterocycles. The van der Waals surface area contributed by atoms with Crippen LogP contribution in [0.4, 0.5) is 0 Å². The van der Waals surface area contributed by atoms with Gasteiger partial charge in [0, 0.05) is 6.54 Å². The smallest absolute Gasteiger partial charge is 0.119 e. The van der Waals surface area contributed by atoms with Crippen molar-refractivity contribution in [3.05, 3.63) is 29.3 Å². The second kappa shape index (κ2) is 5.07. The van der Waals surface area contributed by atoms with Gasteiger partial charge in [0.15, 0.2) is 0 Å². The van der Waals surface area contributed by atoms with Crippen molar-refractivity contribution in [1.82, 2.24) is 4.90 Å². The van der Waals surface area contributed by atoms with E-state index in [-0.39, 0.29) is 0 Å². The molecule has 1 aliphatic heterocycles. The van der Waals surface area contributed by atoms with Crippen LogP contribution in [0.25, 0.3) is 0 Å². The Morgan fingerprint density at radius 3 is 2.90 bits per heavy atom. The molecular formula is C18H27NO. The fraction of sp³-hybridized carbons (Fsp3) is 0.667. The summed E-state index contributed by atoms with van der Waals surface area (Å²) in [5, 5.41) is 0. The zero-order valence-corrected chi connectivity index (χ0v) is 13.3. The van der Waals surface area contributed by atoms with Crippen LogP contribution >= 0.6 is 0 Å². The van der Waals surface area contributed by atoms with Gasteiger partial charge in [0.05, 0.1) is 7.11 Å². The van der Waals surface area contributed by atoms with E-state index in [9.17, 15) is 0 Å². The number of rotatable bonds is 2. The number of likely N-dealkylation sites (tertiary alicyclic amines) is 1. The van der Waals surface area contributed by atoms with Gasteiger partial charge in [-0.2, -0.15) is 0 Å². The number of benzene rings is 1. The molecule has 0 saturated carbocycles. The number of ether oxygens (including phenoxy) is 1. The van der Waals surface area contributed by atoms with E-state index in [0.717, 1.165) is 17.6 Å². The van der Waals surface area contributed by atoms with Gasteiger partial charge in [-0.25, -0.2) is 0 Å². The molecule has 1 aromatic carbocycles. The molecule has 3 unspecified atom stereocenters. The largest absolute Gasteiger partial charge is 0.497 e. The summed E-state index contributed by atoms with van der Waals surface area (Å²) in [6, 6.07) is 6.76. The molecule has 3 rings (SSSR count). The van der Waals surface area contributed by atoms with Gasteiger partial charge in [0.25, 0.3) is 0 Å². The third-order valence-electron chi connectivity index (χ3n) is 6.03. The molecule has 0 amide bonds. The summed E-state index contributed by atoms with van der Waals surface area (Å²) in [6.45, 7) is 7.31. The SMILES string of the molecule is CCC12CCN(C)CC(Cc3ccc(OC)cc31)C2C. The molecule has 0 N–H and O–H groups in total. The van der Waals surface area contributed by atoms with E-state index in [2.05, 4.69) is 44.0 Å². The standard InChI is InChI=1S/C18H27NO/c1-5-18-8-9-19(3)12-15(13(18)2)10-14-6-7-16(20-4)11-17(14)18/h6-7,11,13,15H,5,8-10,12H2,1-4H3. The number of fused-ring (bicyclic) bond motifs is 4. The average Bonchev–Trinajstić information content (AvgIpc) is 2.54. The molecule has 2 nitrogen and oxygen atoms in total. The van der Waals surface area contributed by atoms with Crippen molar-refractivity contribution in [3.8, 4) is 5.75 Å². The van der Waals surface area contributed by atoms with E-state index in [0.29, 0.717) is 5.41 Å². The Morgan fingerprint density at radius 1 is 1.40 bits per heavy atom. The Hall–Kier alpha value is -1.02. The summed E-state index contributed by atoms with van der Waals surface area (Å²) >= 11 is 0. The zero-order chi connectivity index (χ0) is 14.3. The lowest BCUT2D eigenvalue weighted by Gasteiger charge is -2.46. The highest BCUT2D eigenvalue weighted by Crippen LogP contribution is 2.51. The lowest BCUT2D eigenvalue weighted by Crippen LogP contribution is -2.42. The molecule has 1 fully saturated rings. The van der Waals surface area contributed by atoms with Gasteiger partial charge in [-0.15, -0.1) is 0 Å². The summed E-state index contributed by atoms with van der Waals surface area (Å²) in [5.41, 5.74) is 3.47. The summed E-state index contributed by atoms with van der Waals surface area (Å²) in [6.07, 6.45) is 3.74. The van der Waals surface area contributed by atoms with E-state index in [4.69, 9.17) is 4.74 Å². The van der Waals surface area contributed by atoms with Crippen molar-refractivity contribution >= 4 is 0 Å². The molecule has 0 radical (unpaired) electrons. The zero-order valence-electron chi connectivity index (χ0n) is 13.3. The first-order valence-corrected chi connectivity index (χ1v) is 7.96. The van der Waals surface area contributed by atoms with E-state index in [1.807, 2.05) is 0 Å². The van der Waals surface area contributed by atoms with Gasteiger partial charge < -0.3 is 9.64 Å². The highest BCUT2D eigenvalue weighted by molar-refractivity contribution is 5.44. The average molecular weight is 273 g/mol. The van der Waals surface area contributed by atoms with Crippen LogP contribution in [0.1, 0.15) is 37.8 Å². The van der Waals surface area contributed by atoms with Crippen molar-refractivity contribution in [1.29, 1.82) is 0 Å². The Balaban J connectivity index is 2.14. The molecule has 2 heteroatoms. The number of methoxy groups -OCH3 is 1. The molecule has 20 heavy (non-hydrogen) atoms. The summed E-state index contributed by atoms with van der Waals surface area (Å²) in [7, 11) is 4.05. The molecule has 2 bridgehead atoms. The first-order valence-electron chi connectivity index (χ1n) is 7.96. The first-order chi connectivity index (χ1) is 9.60. The third-order valence-corrected chi connectivity index (χ3v) is 6.03. The van der Waals surface area contributed by atoms with Crippen LogP contribution in [0.5, 0.6) is 5.75 Å². The first kappa shape index (κ1) is 13.9. The van der Waals surface area contributed by atoms with Gasteiger partial charge in [-0.1, -0.05) is 19.9 Å². The van der Waals surface area contributed by atoms with E-state index >= 15 is 0 Å². The summed E-state index contributed by atoms with van der Waals surface area (Å²) in [5.74, 6) is 2.57. The Bertz CT molecular complexity index is 498. The Kier molecular flexibility index (Phi) is 3.53. The Morgan fingerprint density at radius 2 is 2.20 bits per heavy atom. The van der Waals surface area contributed by atoms with Gasteiger partial charge in [0.1, 0.15) is 5.75 Å². The minimum Gasteiger partial charge on any atom is -0.497 e. The van der Waals surface area contributed by atoms with Crippen molar-refractivity contribution in [2.24, 2.45) is 11.8 Å². The van der Waals surface area contributed by atoms with E-state index in [1.54, 1.807) is 18.2 Å². The van der Waals surface area contributed by atoms with Gasteiger partial charge in [0.2, 0.25) is 0 Å². The molecule has 0 spiro atoms. The van der Waals surface area contributed by atoms with Crippen LogP contribution in [-0.2, 0) is 11.8 Å². The van der Waals surface area contributed by atoms with Crippen LogP contribution in [-0.4, -0.2) is 32.1 Å². The highest BCUT2D eigenvalue weighted by atomic mass is 16.5. The minimum atomic E-state index is 0.345. The molecule has 2 aliphatic rings. The fourth-order valence-electron chi connectivity index (χ4n) is 4.64. The Labute approximate surface area is 123 Å². The van der Waals surface area contributed by atoms with Crippen LogP contribution in [0.3, 0.4) is 0 Å². The van der Waals surface area contributed by atoms with Crippen molar-refractivity contribution in [2.75, 3.05) is 27.2 Å². The van der Waals surface area contributed by atoms with Gasteiger partial charge >= 0.3 is 0 Å². The second-order valence-electron chi connectivity index (χ2n) is 6.80. The van der Waals surface area contributed by atoms with E-state index in [1.165, 1.54) is 32.4 Å². The maximum Gasteiger partial charge on any atom is 0.119 e. The van der Waals surface area contributed by atoms with E-state index < -0.39 is 0 Å². The molecule has 1 aliphatic carbocycles. The quantitative estimate of drug-likeness (QED) is 0.818. The normalized spacial score (nSPS) is 33.4. The maximum absolute atomic E-state index is 5.48. The minimum absolute atomic E-state index is 0.345. The summed E-state index contributed by atoms with van der Waals surface area (Å²) < 4.78 is 5.48. The second-order valence-corrected chi connectivity index (χ2v) is 6.80. The monoisotopic (exact) mass is 273 g/mol. The highest BCUT2D eigenvalue weighted by Gasteiger charge is 2.46. The summed E-state index contributed by atoms with van der Waals surface area (Å²) in [4.78, 5) is 2.53. The third kappa shape index (κ3) is 1.96. The lowest BCUT2D eigenvalue weighted by molar-refractivity contribution is 0.176. The van der Waals surface area contributed by atoms with Gasteiger partial charge in [-0.3, -0.25) is 0 Å². The molecule has 0 aromatic heterocycles. The number of hydrogen-bond acceptors (Lipinski definition) is 2. The molecule has 1 saturated heterocycles. The predicted molar refractivity (Wildman–Crippen MR) is 83.4 cm³/mol. The van der Waals surface area contributed by atoms with Crippen molar-refractivity contribution in [3.63, 3.8) is 0 Å².